The second-order valence-electron chi connectivity index (χ2n) is 12.0. The third kappa shape index (κ3) is 8.84. The highest BCUT2D eigenvalue weighted by atomic mass is 16.7. The maximum Gasteiger partial charge on any atom is 0.186 e. The molecule has 2 aliphatic rings. The summed E-state index contributed by atoms with van der Waals surface area (Å²) in [5.74, 6) is -0.854. The highest BCUT2D eigenvalue weighted by Gasteiger charge is 2.46. The van der Waals surface area contributed by atoms with E-state index in [0.717, 1.165) is 0 Å². The molecule has 0 spiro atoms. The lowest BCUT2D eigenvalue weighted by Gasteiger charge is -2.41. The van der Waals surface area contributed by atoms with Crippen LogP contribution in [0.3, 0.4) is 0 Å². The molecule has 2 saturated heterocycles. The molecule has 16 heteroatoms. The van der Waals surface area contributed by atoms with Gasteiger partial charge >= 0.3 is 0 Å². The van der Waals surface area contributed by atoms with Gasteiger partial charge in [-0.2, -0.15) is 0 Å². The van der Waals surface area contributed by atoms with Crippen molar-refractivity contribution >= 4 is 0 Å². The maximum atomic E-state index is 10.6. The molecule has 2 aromatic carbocycles. The van der Waals surface area contributed by atoms with Gasteiger partial charge in [-0.25, -0.2) is 0 Å². The zero-order valence-corrected chi connectivity index (χ0v) is 26.6. The summed E-state index contributed by atoms with van der Waals surface area (Å²) < 4.78 is 33.6. The minimum Gasteiger partial charge on any atom is -0.504 e. The van der Waals surface area contributed by atoms with E-state index in [2.05, 4.69) is 0 Å². The molecule has 2 fully saturated rings. The van der Waals surface area contributed by atoms with Crippen molar-refractivity contribution in [3.8, 4) is 23.0 Å². The fourth-order valence-electron chi connectivity index (χ4n) is 5.87. The Morgan fingerprint density at radius 1 is 0.583 bits per heavy atom. The van der Waals surface area contributed by atoms with Gasteiger partial charge in [0.2, 0.25) is 0 Å². The first-order chi connectivity index (χ1) is 22.9. The van der Waals surface area contributed by atoms with Crippen LogP contribution in [-0.2, 0) is 31.8 Å². The first-order valence-corrected chi connectivity index (χ1v) is 15.5. The summed E-state index contributed by atoms with van der Waals surface area (Å²) in [5, 5.41) is 102. The number of hydrogen-bond donors (Lipinski definition) is 10. The summed E-state index contributed by atoms with van der Waals surface area (Å²) in [4.78, 5) is 0. The van der Waals surface area contributed by atoms with Gasteiger partial charge in [-0.05, 0) is 60.1 Å². The molecule has 0 aliphatic carbocycles. The molecule has 48 heavy (non-hydrogen) atoms. The van der Waals surface area contributed by atoms with Crippen molar-refractivity contribution in [3.05, 3.63) is 47.5 Å². The Kier molecular flexibility index (Phi) is 13.6. The van der Waals surface area contributed by atoms with E-state index >= 15 is 0 Å². The van der Waals surface area contributed by atoms with Gasteiger partial charge in [0.25, 0.3) is 0 Å². The van der Waals surface area contributed by atoms with Crippen LogP contribution in [0.25, 0.3) is 0 Å². The Bertz CT molecular complexity index is 1200. The SMILES string of the molecule is COc1cc(C[C@H](COC2O[C@H](CO)[C@@H](O)[C@H](O)[C@H]2O)[C@@H](CO[C@@H]2O[C@H](CO)[C@@H](O)[C@H](O)[C@H]2O)Cc2ccc(O)c(OC)c2)ccc1O. The Balaban J connectivity index is 1.66. The molecular weight excluding hydrogens is 640 g/mol. The van der Waals surface area contributed by atoms with Crippen molar-refractivity contribution in [3.63, 3.8) is 0 Å². The number of ether oxygens (including phenoxy) is 6. The Labute approximate surface area is 276 Å². The van der Waals surface area contributed by atoms with Crippen LogP contribution in [0.5, 0.6) is 23.0 Å². The Morgan fingerprint density at radius 3 is 1.29 bits per heavy atom. The number of benzene rings is 2. The van der Waals surface area contributed by atoms with E-state index in [-0.39, 0.29) is 49.1 Å². The molecule has 0 aromatic heterocycles. The van der Waals surface area contributed by atoms with Crippen molar-refractivity contribution in [2.45, 2.75) is 74.3 Å². The molecular formula is C32H46O16. The molecule has 0 amide bonds. The highest BCUT2D eigenvalue weighted by Crippen LogP contribution is 2.34. The monoisotopic (exact) mass is 686 g/mol. The summed E-state index contributed by atoms with van der Waals surface area (Å²) >= 11 is 0. The van der Waals surface area contributed by atoms with E-state index in [9.17, 15) is 51.1 Å². The Morgan fingerprint density at radius 2 is 0.958 bits per heavy atom. The average molecular weight is 687 g/mol. The standard InChI is InChI=1S/C32H46O16/c1-43-21-9-15(3-5-19(21)35)7-17(13-45-31-29(41)27(39)25(37)23(11-33)47-31)18(8-16-4-6-20(36)22(10-16)44-2)14-46-32-30(42)28(40)26(38)24(12-34)48-32/h3-6,9-10,17-18,23-42H,7-8,11-14H2,1-2H3/t17-,18-,23-,24-,25-,26-,27+,28+,29-,30-,31-,32?/m1/s1. The van der Waals surface area contributed by atoms with Gasteiger partial charge in [-0.1, -0.05) is 12.1 Å². The second-order valence-corrected chi connectivity index (χ2v) is 12.0. The predicted molar refractivity (Wildman–Crippen MR) is 163 cm³/mol. The van der Waals surface area contributed by atoms with Gasteiger partial charge in [-0.3, -0.25) is 0 Å². The van der Waals surface area contributed by atoms with E-state index in [1.54, 1.807) is 24.3 Å². The number of methoxy groups -OCH3 is 2. The lowest BCUT2D eigenvalue weighted by Crippen LogP contribution is -2.59. The van der Waals surface area contributed by atoms with Gasteiger partial charge in [0.05, 0.1) is 40.6 Å². The molecule has 1 unspecified atom stereocenters. The zero-order chi connectivity index (χ0) is 35.1. The number of aromatic hydroxyl groups is 2. The van der Waals surface area contributed by atoms with Crippen LogP contribution < -0.4 is 9.47 Å². The molecule has 0 bridgehead atoms. The number of phenols is 2. The van der Waals surface area contributed by atoms with Crippen molar-refractivity contribution < 1.29 is 79.5 Å². The third-order valence-electron chi connectivity index (χ3n) is 8.80. The van der Waals surface area contributed by atoms with E-state index in [1.165, 1.54) is 26.4 Å². The molecule has 0 saturated carbocycles. The van der Waals surface area contributed by atoms with Crippen LogP contribution in [-0.4, -0.2) is 153 Å². The van der Waals surface area contributed by atoms with E-state index in [4.69, 9.17) is 28.4 Å². The molecule has 2 aromatic rings. The largest absolute Gasteiger partial charge is 0.504 e. The first-order valence-electron chi connectivity index (χ1n) is 15.5. The molecule has 10 N–H and O–H groups in total. The lowest BCUT2D eigenvalue weighted by atomic mass is 9.83. The fourth-order valence-corrected chi connectivity index (χ4v) is 5.87. The molecule has 270 valence electrons. The lowest BCUT2D eigenvalue weighted by molar-refractivity contribution is -0.308. The molecule has 2 heterocycles. The predicted octanol–water partition coefficient (Wildman–Crippen LogP) is -2.23. The number of aliphatic hydroxyl groups is 8. The normalized spacial score (nSPS) is 32.0. The molecule has 0 radical (unpaired) electrons. The molecule has 4 rings (SSSR count). The number of aliphatic hydroxyl groups excluding tert-OH is 8. The van der Waals surface area contributed by atoms with Crippen LogP contribution in [0, 0.1) is 11.8 Å². The van der Waals surface area contributed by atoms with Crippen LogP contribution in [0.4, 0.5) is 0 Å². The van der Waals surface area contributed by atoms with Crippen LogP contribution in [0.2, 0.25) is 0 Å². The van der Waals surface area contributed by atoms with Gasteiger partial charge in [0, 0.05) is 0 Å². The van der Waals surface area contributed by atoms with E-state index < -0.39 is 86.5 Å². The maximum absolute atomic E-state index is 10.6. The summed E-state index contributed by atoms with van der Waals surface area (Å²) in [6.45, 7) is -1.63. The van der Waals surface area contributed by atoms with Crippen molar-refractivity contribution in [2.24, 2.45) is 11.8 Å². The topological polar surface area (TPSA) is 258 Å². The quantitative estimate of drug-likeness (QED) is 0.0951. The van der Waals surface area contributed by atoms with E-state index in [1.807, 2.05) is 0 Å². The van der Waals surface area contributed by atoms with Crippen molar-refractivity contribution in [1.82, 2.24) is 0 Å². The Hall–Kier alpha value is -2.84. The molecule has 16 nitrogen and oxygen atoms in total. The minimum atomic E-state index is -1.67. The van der Waals surface area contributed by atoms with Crippen LogP contribution in [0.15, 0.2) is 36.4 Å². The van der Waals surface area contributed by atoms with Crippen LogP contribution >= 0.6 is 0 Å². The summed E-state index contributed by atoms with van der Waals surface area (Å²) in [6, 6.07) is 9.47. The van der Waals surface area contributed by atoms with Gasteiger partial charge in [0.15, 0.2) is 35.6 Å². The highest BCUT2D eigenvalue weighted by molar-refractivity contribution is 5.43. The first kappa shape index (κ1) is 38.0. The number of hydrogen-bond acceptors (Lipinski definition) is 16. The third-order valence-corrected chi connectivity index (χ3v) is 8.80. The van der Waals surface area contributed by atoms with Crippen molar-refractivity contribution in [2.75, 3.05) is 40.6 Å². The summed E-state index contributed by atoms with van der Waals surface area (Å²) in [7, 11) is 2.79. The number of phenolic OH excluding ortho intramolecular Hbond substituents is 2. The minimum absolute atomic E-state index is 0.0888. The van der Waals surface area contributed by atoms with Gasteiger partial charge in [0.1, 0.15) is 48.8 Å². The van der Waals surface area contributed by atoms with Crippen molar-refractivity contribution in [1.29, 1.82) is 0 Å². The van der Waals surface area contributed by atoms with Crippen LogP contribution in [0.1, 0.15) is 11.1 Å². The molecule has 2 aliphatic heterocycles. The smallest absolute Gasteiger partial charge is 0.186 e. The van der Waals surface area contributed by atoms with Gasteiger partial charge in [-0.15, -0.1) is 0 Å². The van der Waals surface area contributed by atoms with E-state index in [0.29, 0.717) is 11.1 Å². The molecule has 12 atom stereocenters. The average Bonchev–Trinajstić information content (AvgIpc) is 3.09. The summed E-state index contributed by atoms with van der Waals surface area (Å²) in [6.07, 6.45) is -14.7. The second kappa shape index (κ2) is 17.2. The van der Waals surface area contributed by atoms with Gasteiger partial charge < -0.3 is 79.5 Å². The zero-order valence-electron chi connectivity index (χ0n) is 26.6. The summed E-state index contributed by atoms with van der Waals surface area (Å²) in [5.41, 5.74) is 1.38. The number of rotatable bonds is 15. The fraction of sp³-hybridized carbons (Fsp3) is 0.625.